The van der Waals surface area contributed by atoms with Crippen LogP contribution in [0.4, 0.5) is 8.78 Å². The fraction of sp³-hybridized carbons (Fsp3) is 0.107. The molecule has 1 unspecified atom stereocenters. The van der Waals surface area contributed by atoms with Crippen molar-refractivity contribution in [1.29, 1.82) is 0 Å². The van der Waals surface area contributed by atoms with Gasteiger partial charge in [0.15, 0.2) is 0 Å². The van der Waals surface area contributed by atoms with Gasteiger partial charge in [0.05, 0.1) is 29.4 Å². The van der Waals surface area contributed by atoms with Crippen LogP contribution in [0.5, 0.6) is 0 Å². The zero-order valence-corrected chi connectivity index (χ0v) is 19.4. The summed E-state index contributed by atoms with van der Waals surface area (Å²) in [7, 11) is 0. The Morgan fingerprint density at radius 1 is 0.971 bits per heavy atom. The summed E-state index contributed by atoms with van der Waals surface area (Å²) in [5.41, 5.74) is 2.95. The number of nitrogens with zero attached hydrogens (tertiary/aromatic N) is 2. The molecule has 1 N–H and O–H groups in total. The van der Waals surface area contributed by atoms with Crippen LogP contribution in [0.1, 0.15) is 29.7 Å². The largest absolute Gasteiger partial charge is 0.481 e. The molecule has 0 saturated carbocycles. The van der Waals surface area contributed by atoms with Crippen LogP contribution < -0.4 is 0 Å². The third kappa shape index (κ3) is 4.33. The van der Waals surface area contributed by atoms with Gasteiger partial charge in [0, 0.05) is 27.4 Å². The van der Waals surface area contributed by atoms with E-state index in [-0.39, 0.29) is 23.6 Å². The Bertz CT molecular complexity index is 1580. The van der Waals surface area contributed by atoms with Gasteiger partial charge in [-0.1, -0.05) is 54.9 Å². The van der Waals surface area contributed by atoms with Crippen LogP contribution >= 0.6 is 11.6 Å². The standard InChI is InChI=1S/C28H19ClF2N2O2/c1-15(17-7-5-16(6-8-17)11-26(34)35)24-13-20-19-10-9-18(29)12-21(19)28(33-25(20)14-32-24)27-22(30)3-2-4-23(27)31/h2-10,12-15H,11H2,1H3,(H,34,35). The van der Waals surface area contributed by atoms with E-state index < -0.39 is 17.6 Å². The molecule has 35 heavy (non-hydrogen) atoms. The van der Waals surface area contributed by atoms with Gasteiger partial charge in [-0.25, -0.2) is 13.8 Å². The Morgan fingerprint density at radius 2 is 1.69 bits per heavy atom. The molecule has 5 aromatic rings. The maximum Gasteiger partial charge on any atom is 0.307 e. The van der Waals surface area contributed by atoms with Crippen molar-refractivity contribution in [2.45, 2.75) is 19.3 Å². The van der Waals surface area contributed by atoms with Crippen molar-refractivity contribution >= 4 is 39.2 Å². The predicted molar refractivity (Wildman–Crippen MR) is 133 cm³/mol. The molecular formula is C28H19ClF2N2O2. The maximum atomic E-state index is 14.7. The lowest BCUT2D eigenvalue weighted by atomic mass is 9.94. The molecule has 0 aliphatic carbocycles. The third-order valence-electron chi connectivity index (χ3n) is 6.14. The molecule has 1 atom stereocenters. The number of halogens is 3. The van der Waals surface area contributed by atoms with Crippen LogP contribution in [-0.4, -0.2) is 21.0 Å². The molecule has 2 heterocycles. The van der Waals surface area contributed by atoms with Gasteiger partial charge in [-0.15, -0.1) is 0 Å². The van der Waals surface area contributed by atoms with Crippen molar-refractivity contribution in [3.05, 3.63) is 106 Å². The Morgan fingerprint density at radius 3 is 2.37 bits per heavy atom. The Kier molecular flexibility index (Phi) is 5.91. The highest BCUT2D eigenvalue weighted by Gasteiger charge is 2.19. The number of benzene rings is 3. The molecule has 4 nitrogen and oxygen atoms in total. The summed E-state index contributed by atoms with van der Waals surface area (Å²) in [5, 5.41) is 11.5. The number of hydrogen-bond acceptors (Lipinski definition) is 3. The fourth-order valence-electron chi connectivity index (χ4n) is 4.32. The first-order chi connectivity index (χ1) is 16.8. The number of rotatable bonds is 5. The Hall–Kier alpha value is -3.90. The van der Waals surface area contributed by atoms with Gasteiger partial charge in [0.25, 0.3) is 0 Å². The highest BCUT2D eigenvalue weighted by molar-refractivity contribution is 6.32. The molecule has 0 aliphatic rings. The molecule has 0 saturated heterocycles. The van der Waals surface area contributed by atoms with Crippen molar-refractivity contribution < 1.29 is 18.7 Å². The summed E-state index contributed by atoms with van der Waals surface area (Å²) in [5.74, 6) is -2.37. The number of hydrogen-bond donors (Lipinski definition) is 1. The lowest BCUT2D eigenvalue weighted by Gasteiger charge is -2.15. The van der Waals surface area contributed by atoms with Crippen LogP contribution in [0.15, 0.2) is 72.9 Å². The highest BCUT2D eigenvalue weighted by Crippen LogP contribution is 2.37. The second-order valence-electron chi connectivity index (χ2n) is 8.41. The van der Waals surface area contributed by atoms with Crippen molar-refractivity contribution in [2.24, 2.45) is 0 Å². The summed E-state index contributed by atoms with van der Waals surface area (Å²) >= 11 is 6.25. The maximum absolute atomic E-state index is 14.7. The van der Waals surface area contributed by atoms with E-state index in [2.05, 4.69) is 9.97 Å². The summed E-state index contributed by atoms with van der Waals surface area (Å²) in [6.07, 6.45) is 1.57. The van der Waals surface area contributed by atoms with Gasteiger partial charge >= 0.3 is 5.97 Å². The molecular weight excluding hydrogens is 470 g/mol. The van der Waals surface area contributed by atoms with E-state index in [1.165, 1.54) is 18.2 Å². The van der Waals surface area contributed by atoms with Crippen molar-refractivity contribution in [3.8, 4) is 11.3 Å². The lowest BCUT2D eigenvalue weighted by molar-refractivity contribution is -0.136. The van der Waals surface area contributed by atoms with Crippen LogP contribution in [0.2, 0.25) is 5.02 Å². The molecule has 0 spiro atoms. The molecule has 0 amide bonds. The van der Waals surface area contributed by atoms with E-state index in [0.717, 1.165) is 27.6 Å². The first-order valence-electron chi connectivity index (χ1n) is 11.0. The smallest absolute Gasteiger partial charge is 0.307 e. The number of fused-ring (bicyclic) bond motifs is 3. The predicted octanol–water partition coefficient (Wildman–Crippen LogP) is 7.16. The van der Waals surface area contributed by atoms with E-state index >= 15 is 0 Å². The van der Waals surface area contributed by atoms with Gasteiger partial charge < -0.3 is 5.11 Å². The van der Waals surface area contributed by atoms with Crippen molar-refractivity contribution in [3.63, 3.8) is 0 Å². The van der Waals surface area contributed by atoms with Crippen LogP contribution in [0.3, 0.4) is 0 Å². The lowest BCUT2D eigenvalue weighted by Crippen LogP contribution is -2.03. The number of carboxylic acids is 1. The quantitative estimate of drug-likeness (QED) is 0.266. The fourth-order valence-corrected chi connectivity index (χ4v) is 4.49. The second kappa shape index (κ2) is 9.04. The molecule has 5 rings (SSSR count). The Balaban J connectivity index is 1.66. The van der Waals surface area contributed by atoms with Crippen LogP contribution in [-0.2, 0) is 11.2 Å². The number of pyridine rings is 2. The molecule has 174 valence electrons. The minimum atomic E-state index is -0.879. The van der Waals surface area contributed by atoms with Gasteiger partial charge in [0.2, 0.25) is 0 Å². The zero-order valence-electron chi connectivity index (χ0n) is 18.6. The SMILES string of the molecule is CC(c1ccc(CC(=O)O)cc1)c1cc2c(cn1)nc(-c1c(F)cccc1F)c1cc(Cl)ccc12. The summed E-state index contributed by atoms with van der Waals surface area (Å²) in [6.45, 7) is 2.01. The average Bonchev–Trinajstić information content (AvgIpc) is 2.83. The zero-order chi connectivity index (χ0) is 24.7. The first-order valence-corrected chi connectivity index (χ1v) is 11.3. The van der Waals surface area contributed by atoms with Crippen molar-refractivity contribution in [1.82, 2.24) is 9.97 Å². The minimum absolute atomic E-state index is 0.0337. The van der Waals surface area contributed by atoms with E-state index in [9.17, 15) is 13.6 Å². The summed E-state index contributed by atoms with van der Waals surface area (Å²) in [6, 6.07) is 18.2. The minimum Gasteiger partial charge on any atom is -0.481 e. The van der Waals surface area contributed by atoms with Crippen LogP contribution in [0.25, 0.3) is 32.9 Å². The first kappa shape index (κ1) is 22.9. The summed E-state index contributed by atoms with van der Waals surface area (Å²) in [4.78, 5) is 20.1. The molecule has 3 aromatic carbocycles. The van der Waals surface area contributed by atoms with E-state index in [1.807, 2.05) is 31.2 Å². The topological polar surface area (TPSA) is 63.1 Å². The van der Waals surface area contributed by atoms with E-state index in [0.29, 0.717) is 15.9 Å². The summed E-state index contributed by atoms with van der Waals surface area (Å²) < 4.78 is 29.3. The van der Waals surface area contributed by atoms with Gasteiger partial charge in [0.1, 0.15) is 11.6 Å². The number of carboxylic acid groups (broad SMARTS) is 1. The normalized spacial score (nSPS) is 12.2. The van der Waals surface area contributed by atoms with E-state index in [4.69, 9.17) is 16.7 Å². The third-order valence-corrected chi connectivity index (χ3v) is 6.38. The van der Waals surface area contributed by atoms with Gasteiger partial charge in [-0.05, 0) is 46.8 Å². The Labute approximate surface area is 204 Å². The number of carbonyl (C=O) groups is 1. The molecule has 0 aliphatic heterocycles. The molecule has 0 radical (unpaired) electrons. The second-order valence-corrected chi connectivity index (χ2v) is 8.84. The van der Waals surface area contributed by atoms with Gasteiger partial charge in [-0.3, -0.25) is 9.78 Å². The highest BCUT2D eigenvalue weighted by atomic mass is 35.5. The van der Waals surface area contributed by atoms with Gasteiger partial charge in [-0.2, -0.15) is 0 Å². The molecule has 0 fully saturated rings. The average molecular weight is 489 g/mol. The van der Waals surface area contributed by atoms with Crippen LogP contribution in [0, 0.1) is 11.6 Å². The van der Waals surface area contributed by atoms with Crippen molar-refractivity contribution in [2.75, 3.05) is 0 Å². The van der Waals surface area contributed by atoms with E-state index in [1.54, 1.807) is 30.5 Å². The molecule has 7 heteroatoms. The molecule has 2 aromatic heterocycles. The number of aromatic nitrogens is 2. The monoisotopic (exact) mass is 488 g/mol. The number of aliphatic carboxylic acids is 1. The molecule has 0 bridgehead atoms.